The molecule has 0 rings (SSSR count). The van der Waals surface area contributed by atoms with Crippen molar-refractivity contribution in [2.75, 3.05) is 6.54 Å². The molecule has 58 valence electrons. The second-order valence-electron chi connectivity index (χ2n) is 1.50. The van der Waals surface area contributed by atoms with Crippen LogP contribution in [0.5, 0.6) is 0 Å². The molecule has 1 amide bonds. The molecule has 0 heterocycles. The number of halogens is 3. The van der Waals surface area contributed by atoms with Crippen molar-refractivity contribution in [2.45, 2.75) is 6.18 Å². The quantitative estimate of drug-likeness (QED) is 0.585. The zero-order valence-electron chi connectivity index (χ0n) is 5.03. The van der Waals surface area contributed by atoms with Crippen molar-refractivity contribution in [2.24, 2.45) is 0 Å². The van der Waals surface area contributed by atoms with E-state index in [9.17, 15) is 18.0 Å². The molecule has 5 heteroatoms. The van der Waals surface area contributed by atoms with Crippen LogP contribution in [-0.2, 0) is 4.79 Å². The van der Waals surface area contributed by atoms with Crippen LogP contribution < -0.4 is 5.32 Å². The van der Waals surface area contributed by atoms with Crippen LogP contribution in [0.1, 0.15) is 0 Å². The summed E-state index contributed by atoms with van der Waals surface area (Å²) in [5, 5.41) is 1.59. The summed E-state index contributed by atoms with van der Waals surface area (Å²) in [5.74, 6) is -1.94. The van der Waals surface area contributed by atoms with Crippen molar-refractivity contribution in [1.82, 2.24) is 5.32 Å². The van der Waals surface area contributed by atoms with Crippen LogP contribution in [0.3, 0.4) is 0 Å². The van der Waals surface area contributed by atoms with E-state index in [1.165, 1.54) is 6.08 Å². The van der Waals surface area contributed by atoms with E-state index >= 15 is 0 Å². The van der Waals surface area contributed by atoms with Gasteiger partial charge in [0.25, 0.3) is 0 Å². The Bertz CT molecular complexity index is 140. The molecule has 0 aromatic carbocycles. The van der Waals surface area contributed by atoms with E-state index in [0.29, 0.717) is 0 Å². The first-order valence-corrected chi connectivity index (χ1v) is 2.44. The van der Waals surface area contributed by atoms with Crippen LogP contribution in [0.4, 0.5) is 13.2 Å². The van der Waals surface area contributed by atoms with Gasteiger partial charge in [0.2, 0.25) is 0 Å². The molecule has 1 N–H and O–H groups in total. The number of carbonyl (C=O) groups excluding carboxylic acids is 1. The fraction of sp³-hybridized carbons (Fsp3) is 0.400. The molecule has 0 radical (unpaired) electrons. The molecule has 0 spiro atoms. The van der Waals surface area contributed by atoms with E-state index < -0.39 is 12.1 Å². The van der Waals surface area contributed by atoms with Crippen LogP contribution in [0, 0.1) is 0 Å². The third kappa shape index (κ3) is 3.11. The molecule has 0 aromatic heterocycles. The van der Waals surface area contributed by atoms with Gasteiger partial charge in [-0.1, -0.05) is 6.08 Å². The zero-order chi connectivity index (χ0) is 8.20. The molecule has 0 unspecified atom stereocenters. The minimum atomic E-state index is -4.79. The van der Waals surface area contributed by atoms with Crippen LogP contribution in [0.2, 0.25) is 0 Å². The predicted octanol–water partition coefficient (Wildman–Crippen LogP) is 0.851. The summed E-state index contributed by atoms with van der Waals surface area (Å²) in [5.41, 5.74) is 0. The molecule has 0 aliphatic rings. The Kier molecular flexibility index (Phi) is 2.92. The van der Waals surface area contributed by atoms with Crippen molar-refractivity contribution in [3.63, 3.8) is 0 Å². The Morgan fingerprint density at radius 1 is 1.60 bits per heavy atom. The standard InChI is InChI=1S/C5H6F3NO/c1-2-3-9-4(10)5(6,7)8/h2H,1,3H2,(H,9,10). The summed E-state index contributed by atoms with van der Waals surface area (Å²) in [4.78, 5) is 9.94. The van der Waals surface area contributed by atoms with Gasteiger partial charge in [-0.2, -0.15) is 13.2 Å². The molecule has 0 atom stereocenters. The minimum absolute atomic E-state index is 0.168. The molecule has 0 aromatic rings. The van der Waals surface area contributed by atoms with Gasteiger partial charge in [-0.05, 0) is 0 Å². The summed E-state index contributed by atoms with van der Waals surface area (Å²) in [6, 6.07) is 0. The Morgan fingerprint density at radius 3 is 2.40 bits per heavy atom. The first kappa shape index (κ1) is 9.00. The molecule has 0 fully saturated rings. The maximum Gasteiger partial charge on any atom is 0.471 e. The van der Waals surface area contributed by atoms with Gasteiger partial charge in [-0.3, -0.25) is 4.79 Å². The van der Waals surface area contributed by atoms with E-state index in [2.05, 4.69) is 6.58 Å². The largest absolute Gasteiger partial charge is 0.471 e. The Hall–Kier alpha value is -1.00. The number of nitrogens with one attached hydrogen (secondary N) is 1. The number of amides is 1. The maximum atomic E-state index is 11.3. The van der Waals surface area contributed by atoms with Gasteiger partial charge in [0.05, 0.1) is 0 Å². The van der Waals surface area contributed by atoms with Crippen molar-refractivity contribution in [3.05, 3.63) is 12.7 Å². The first-order chi connectivity index (χ1) is 4.48. The Balaban J connectivity index is 3.74. The lowest BCUT2D eigenvalue weighted by molar-refractivity contribution is -0.173. The third-order valence-electron chi connectivity index (χ3n) is 0.664. The average molecular weight is 153 g/mol. The van der Waals surface area contributed by atoms with Gasteiger partial charge in [-0.25, -0.2) is 0 Å². The smallest absolute Gasteiger partial charge is 0.345 e. The second kappa shape index (κ2) is 3.24. The summed E-state index contributed by atoms with van der Waals surface area (Å²) < 4.78 is 34.0. The fourth-order valence-corrected chi connectivity index (χ4v) is 0.265. The maximum absolute atomic E-state index is 11.3. The molecule has 0 bridgehead atoms. The summed E-state index contributed by atoms with van der Waals surface area (Å²) in [7, 11) is 0. The first-order valence-electron chi connectivity index (χ1n) is 2.44. The highest BCUT2D eigenvalue weighted by atomic mass is 19.4. The van der Waals surface area contributed by atoms with Gasteiger partial charge in [0.15, 0.2) is 0 Å². The normalized spacial score (nSPS) is 10.7. The van der Waals surface area contributed by atoms with Crippen LogP contribution >= 0.6 is 0 Å². The molecular weight excluding hydrogens is 147 g/mol. The third-order valence-corrected chi connectivity index (χ3v) is 0.664. The Morgan fingerprint density at radius 2 is 2.10 bits per heavy atom. The highest BCUT2D eigenvalue weighted by Crippen LogP contribution is 2.13. The van der Waals surface area contributed by atoms with E-state index in [1.54, 1.807) is 5.32 Å². The zero-order valence-corrected chi connectivity index (χ0v) is 5.03. The molecule has 2 nitrogen and oxygen atoms in total. The molecule has 0 saturated carbocycles. The number of carbonyl (C=O) groups is 1. The molecule has 0 aliphatic heterocycles. The minimum Gasteiger partial charge on any atom is -0.345 e. The number of alkyl halides is 3. The van der Waals surface area contributed by atoms with Gasteiger partial charge >= 0.3 is 12.1 Å². The van der Waals surface area contributed by atoms with Crippen LogP contribution in [0.15, 0.2) is 12.7 Å². The van der Waals surface area contributed by atoms with Gasteiger partial charge in [0, 0.05) is 6.54 Å². The van der Waals surface area contributed by atoms with Gasteiger partial charge < -0.3 is 5.32 Å². The summed E-state index contributed by atoms with van der Waals surface area (Å²) in [6.07, 6.45) is -3.62. The van der Waals surface area contributed by atoms with E-state index in [0.717, 1.165) is 0 Å². The van der Waals surface area contributed by atoms with E-state index in [1.807, 2.05) is 0 Å². The Labute approximate surface area is 55.7 Å². The average Bonchev–Trinajstić information content (AvgIpc) is 1.80. The summed E-state index contributed by atoms with van der Waals surface area (Å²) >= 11 is 0. The number of hydrogen-bond acceptors (Lipinski definition) is 1. The van der Waals surface area contributed by atoms with Gasteiger partial charge in [0.1, 0.15) is 0 Å². The van der Waals surface area contributed by atoms with Gasteiger partial charge in [-0.15, -0.1) is 6.58 Å². The van der Waals surface area contributed by atoms with Crippen molar-refractivity contribution >= 4 is 5.91 Å². The van der Waals surface area contributed by atoms with E-state index in [-0.39, 0.29) is 6.54 Å². The number of rotatable bonds is 2. The van der Waals surface area contributed by atoms with Crippen LogP contribution in [0.25, 0.3) is 0 Å². The van der Waals surface area contributed by atoms with E-state index in [4.69, 9.17) is 0 Å². The highest BCUT2D eigenvalue weighted by molar-refractivity contribution is 5.81. The molecular formula is C5H6F3NO. The fourth-order valence-electron chi connectivity index (χ4n) is 0.265. The topological polar surface area (TPSA) is 29.1 Å². The number of hydrogen-bond donors (Lipinski definition) is 1. The molecule has 0 saturated heterocycles. The molecule has 0 aliphatic carbocycles. The predicted molar refractivity (Wildman–Crippen MR) is 29.3 cm³/mol. The second-order valence-corrected chi connectivity index (χ2v) is 1.50. The summed E-state index contributed by atoms with van der Waals surface area (Å²) in [6.45, 7) is 2.96. The van der Waals surface area contributed by atoms with Crippen LogP contribution in [-0.4, -0.2) is 18.6 Å². The lowest BCUT2D eigenvalue weighted by atomic mass is 10.5. The highest BCUT2D eigenvalue weighted by Gasteiger charge is 2.37. The van der Waals surface area contributed by atoms with Crippen molar-refractivity contribution < 1.29 is 18.0 Å². The lowest BCUT2D eigenvalue weighted by Crippen LogP contribution is -2.36. The lowest BCUT2D eigenvalue weighted by Gasteiger charge is -2.04. The van der Waals surface area contributed by atoms with Crippen molar-refractivity contribution in [1.29, 1.82) is 0 Å². The monoisotopic (exact) mass is 153 g/mol. The van der Waals surface area contributed by atoms with Crippen molar-refractivity contribution in [3.8, 4) is 0 Å². The molecule has 10 heavy (non-hydrogen) atoms. The SMILES string of the molecule is C=CCNC(=O)C(F)(F)F.